The van der Waals surface area contributed by atoms with Gasteiger partial charge in [0.25, 0.3) is 0 Å². The summed E-state index contributed by atoms with van der Waals surface area (Å²) in [5.41, 5.74) is 0. The van der Waals surface area contributed by atoms with Crippen molar-refractivity contribution in [2.75, 3.05) is 31.7 Å². The number of carboxylic acids is 3. The molecule has 18 nitrogen and oxygen atoms in total. The first-order chi connectivity index (χ1) is 17.2. The molecule has 0 bridgehead atoms. The zero-order chi connectivity index (χ0) is 29.5. The molecule has 38 heavy (non-hydrogen) atoms. The summed E-state index contributed by atoms with van der Waals surface area (Å²) < 4.78 is 62.9. The lowest BCUT2D eigenvalue weighted by molar-refractivity contribution is -0.331. The van der Waals surface area contributed by atoms with Gasteiger partial charge in [-0.2, -0.15) is 0 Å². The Morgan fingerprint density at radius 3 is 1.66 bits per heavy atom. The molecule has 1 aliphatic heterocycles. The number of aliphatic hydroxyl groups is 1. The molecule has 0 aromatic rings. The normalized spacial score (nSPS) is 30.5. The first-order valence-corrected chi connectivity index (χ1v) is 16.1. The molecule has 1 rings (SSSR count). The van der Waals surface area contributed by atoms with Crippen LogP contribution >= 0.6 is 22.8 Å². The van der Waals surface area contributed by atoms with Crippen molar-refractivity contribution in [3.63, 3.8) is 0 Å². The van der Waals surface area contributed by atoms with Crippen LogP contribution in [0.2, 0.25) is 0 Å². The number of carboxylic acid groups (broad SMARTS) is 3. The smallest absolute Gasteiger partial charge is 0.339 e. The van der Waals surface area contributed by atoms with Gasteiger partial charge in [-0.25, -0.2) is 0 Å². The Labute approximate surface area is 216 Å². The third-order valence-corrected chi connectivity index (χ3v) is 8.40. The topological polar surface area (TPSA) is 290 Å². The minimum Gasteiger partial charge on any atom is -0.481 e. The second-order valence-corrected chi connectivity index (χ2v) is 13.8. The van der Waals surface area contributed by atoms with Gasteiger partial charge in [0.2, 0.25) is 0 Å². The highest BCUT2D eigenvalue weighted by molar-refractivity contribution is 7.54. The van der Waals surface area contributed by atoms with Crippen LogP contribution in [0, 0.1) is 0 Å². The standard InChI is InChI=1S/C17H31O18P3/c1-3-4-5-31-6-10-14(33-36(25,26)7-11(18)19)15(34-37(27,28)8-12(20)21)16(17(2,24)32-10)35-38(29,30)9-13(22)23/h10,14-16,24H,3-9H2,1-2H3,(H,18,19)(H,20,21)(H,22,23)(H,25,26)(H,27,28)(H,29,30)/t10-,14-,15+,16+,17+/m1/s1. The molecule has 0 aromatic heterocycles. The van der Waals surface area contributed by atoms with Crippen LogP contribution in [0.4, 0.5) is 0 Å². The molecule has 1 heterocycles. The number of carbonyl (C=O) groups is 3. The van der Waals surface area contributed by atoms with Gasteiger partial charge in [0, 0.05) is 6.61 Å². The molecule has 3 unspecified atom stereocenters. The maximum absolute atomic E-state index is 12.5. The molecule has 1 saturated heterocycles. The highest BCUT2D eigenvalue weighted by Gasteiger charge is 2.59. The van der Waals surface area contributed by atoms with Crippen molar-refractivity contribution in [2.45, 2.75) is 56.9 Å². The van der Waals surface area contributed by atoms with E-state index in [2.05, 4.69) is 0 Å². The molecular weight excluding hydrogens is 585 g/mol. The molecule has 0 amide bonds. The Bertz CT molecular complexity index is 997. The van der Waals surface area contributed by atoms with Crippen molar-refractivity contribution in [1.82, 2.24) is 0 Å². The number of unbranched alkanes of at least 4 members (excludes halogenated alkanes) is 1. The molecule has 8 atom stereocenters. The van der Waals surface area contributed by atoms with E-state index in [4.69, 9.17) is 38.4 Å². The highest BCUT2D eigenvalue weighted by Crippen LogP contribution is 2.54. The van der Waals surface area contributed by atoms with Crippen LogP contribution in [0.25, 0.3) is 0 Å². The van der Waals surface area contributed by atoms with Crippen LogP contribution in [0.15, 0.2) is 0 Å². The fourth-order valence-corrected chi connectivity index (χ4v) is 6.45. The van der Waals surface area contributed by atoms with Crippen LogP contribution in [0.5, 0.6) is 0 Å². The first kappa shape index (κ1) is 34.8. The van der Waals surface area contributed by atoms with Gasteiger partial charge in [0.1, 0.15) is 42.9 Å². The molecule has 0 aromatic carbocycles. The predicted octanol–water partition coefficient (Wildman–Crippen LogP) is -0.124. The van der Waals surface area contributed by atoms with E-state index in [1.807, 2.05) is 6.92 Å². The Morgan fingerprint density at radius 1 is 0.816 bits per heavy atom. The van der Waals surface area contributed by atoms with E-state index in [1.54, 1.807) is 0 Å². The van der Waals surface area contributed by atoms with Gasteiger partial charge in [-0.3, -0.25) is 41.6 Å². The third kappa shape index (κ3) is 11.9. The zero-order valence-corrected chi connectivity index (χ0v) is 22.9. The molecule has 0 radical (unpaired) electrons. The van der Waals surface area contributed by atoms with Gasteiger partial charge in [0.15, 0.2) is 5.79 Å². The molecule has 1 aliphatic rings. The van der Waals surface area contributed by atoms with Crippen molar-refractivity contribution >= 4 is 40.7 Å². The summed E-state index contributed by atoms with van der Waals surface area (Å²) in [7, 11) is -15.6. The van der Waals surface area contributed by atoms with Gasteiger partial charge >= 0.3 is 40.7 Å². The predicted molar refractivity (Wildman–Crippen MR) is 123 cm³/mol. The van der Waals surface area contributed by atoms with Crippen LogP contribution in [-0.2, 0) is 51.1 Å². The van der Waals surface area contributed by atoms with E-state index in [1.165, 1.54) is 0 Å². The summed E-state index contributed by atoms with van der Waals surface area (Å²) >= 11 is 0. The summed E-state index contributed by atoms with van der Waals surface area (Å²) in [6, 6.07) is 0. The summed E-state index contributed by atoms with van der Waals surface area (Å²) in [6.45, 7) is 2.15. The lowest BCUT2D eigenvalue weighted by Gasteiger charge is -2.49. The van der Waals surface area contributed by atoms with E-state index < -0.39 is 96.0 Å². The molecule has 7 N–H and O–H groups in total. The maximum atomic E-state index is 12.5. The number of hydrogen-bond donors (Lipinski definition) is 7. The number of hydrogen-bond acceptors (Lipinski definition) is 12. The number of rotatable bonds is 17. The monoisotopic (exact) mass is 616 g/mol. The van der Waals surface area contributed by atoms with Crippen LogP contribution < -0.4 is 0 Å². The lowest BCUT2D eigenvalue weighted by atomic mass is 9.93. The zero-order valence-electron chi connectivity index (χ0n) is 20.2. The maximum Gasteiger partial charge on any atom is 0.339 e. The molecule has 0 spiro atoms. The van der Waals surface area contributed by atoms with Crippen molar-refractivity contribution in [1.29, 1.82) is 0 Å². The van der Waals surface area contributed by atoms with Crippen molar-refractivity contribution in [2.24, 2.45) is 0 Å². The molecule has 1 fully saturated rings. The fraction of sp³-hybridized carbons (Fsp3) is 0.824. The van der Waals surface area contributed by atoms with E-state index in [9.17, 15) is 47.9 Å². The van der Waals surface area contributed by atoms with Gasteiger partial charge < -0.3 is 44.6 Å². The van der Waals surface area contributed by atoms with Gasteiger partial charge in [-0.15, -0.1) is 0 Å². The molecule has 21 heteroatoms. The van der Waals surface area contributed by atoms with Crippen LogP contribution in [0.3, 0.4) is 0 Å². The minimum absolute atomic E-state index is 0.0878. The number of ether oxygens (including phenoxy) is 2. The molecular formula is C17H31O18P3. The second-order valence-electron chi connectivity index (χ2n) is 8.37. The Kier molecular flexibility index (Phi) is 12.7. The van der Waals surface area contributed by atoms with Crippen molar-refractivity contribution in [3.8, 4) is 0 Å². The largest absolute Gasteiger partial charge is 0.481 e. The van der Waals surface area contributed by atoms with E-state index >= 15 is 0 Å². The summed E-state index contributed by atoms with van der Waals surface area (Å²) in [5, 5.41) is 37.6. The quantitative estimate of drug-likeness (QED) is 0.0827. The highest BCUT2D eigenvalue weighted by atomic mass is 31.2. The fourth-order valence-electron chi connectivity index (χ4n) is 3.29. The SMILES string of the molecule is CCCCOC[C@H]1O[C@](C)(O)[C@@H](OP(=O)(O)CC(=O)O)[C@@H](OP(=O)(O)CC(=O)O)[C@@H]1OP(=O)(O)CC(=O)O. The van der Waals surface area contributed by atoms with Crippen molar-refractivity contribution < 1.29 is 86.2 Å². The van der Waals surface area contributed by atoms with Crippen LogP contribution in [0.1, 0.15) is 26.7 Å². The molecule has 222 valence electrons. The minimum atomic E-state index is -5.24. The van der Waals surface area contributed by atoms with Gasteiger partial charge in [-0.1, -0.05) is 13.3 Å². The van der Waals surface area contributed by atoms with Gasteiger partial charge in [0.05, 0.1) is 6.61 Å². The molecule has 0 saturated carbocycles. The van der Waals surface area contributed by atoms with Crippen molar-refractivity contribution in [3.05, 3.63) is 0 Å². The molecule has 0 aliphatic carbocycles. The summed E-state index contributed by atoms with van der Waals surface area (Å²) in [6.07, 6.45) is -12.0. The Balaban J connectivity index is 3.63. The second kappa shape index (κ2) is 13.9. The first-order valence-electron chi connectivity index (χ1n) is 10.8. The van der Waals surface area contributed by atoms with Crippen LogP contribution in [-0.4, -0.2) is 115 Å². The van der Waals surface area contributed by atoms with Gasteiger partial charge in [-0.05, 0) is 13.3 Å². The average molecular weight is 616 g/mol. The van der Waals surface area contributed by atoms with E-state index in [0.29, 0.717) is 12.8 Å². The number of aliphatic carboxylic acids is 3. The summed E-state index contributed by atoms with van der Waals surface area (Å²) in [5.74, 6) is -8.25. The lowest BCUT2D eigenvalue weighted by Crippen LogP contribution is -2.65. The Hall–Kier alpha value is -1.26. The van der Waals surface area contributed by atoms with E-state index in [0.717, 1.165) is 6.92 Å². The Morgan fingerprint density at radius 2 is 1.24 bits per heavy atom. The third-order valence-electron chi connectivity index (χ3n) is 4.69. The average Bonchev–Trinajstić information content (AvgIpc) is 2.67. The summed E-state index contributed by atoms with van der Waals surface area (Å²) in [4.78, 5) is 63.2. The van der Waals surface area contributed by atoms with E-state index in [-0.39, 0.29) is 6.61 Å².